The van der Waals surface area contributed by atoms with Crippen LogP contribution in [0.2, 0.25) is 0 Å². The zero-order valence-corrected chi connectivity index (χ0v) is 39.7. The summed E-state index contributed by atoms with van der Waals surface area (Å²) in [5.41, 5.74) is 0. The maximum atomic E-state index is 14.1. The number of aliphatic hydroxyl groups is 3. The summed E-state index contributed by atoms with van der Waals surface area (Å²) in [7, 11) is 0. The van der Waals surface area contributed by atoms with Crippen LogP contribution in [0.3, 0.4) is 0 Å². The fraction of sp³-hybridized carbons (Fsp3) is 0.848. The Morgan fingerprint density at radius 2 is 1.51 bits per heavy atom. The summed E-state index contributed by atoms with van der Waals surface area (Å²) in [5, 5.41) is 34.0. The number of fused-ring (bicyclic) bond motifs is 1. The van der Waals surface area contributed by atoms with Gasteiger partial charge in [0.25, 0.3) is 5.91 Å². The predicted octanol–water partition coefficient (Wildman–Crippen LogP) is 1.06. The molecule has 5 rings (SSSR count). The average molecular weight is 957 g/mol. The molecule has 6 unspecified atom stereocenters. The first-order valence-corrected chi connectivity index (χ1v) is 23.8. The van der Waals surface area contributed by atoms with Crippen molar-refractivity contribution >= 4 is 41.5 Å². The van der Waals surface area contributed by atoms with Crippen LogP contribution < -0.4 is 10.6 Å². The molecule has 5 N–H and O–H groups in total. The SMILES string of the molecule is CCC1CC(C(=O)CCCNC(=O)[C@@H](O)[C@H](O)CO)C[C@@H](O[C@@H]2O[C@@H](COC(C)=O)[C@@H]3OC(=O)[C@@H](CC4CCCCC4)OC3C2NC(C)=O)[C@@H]1O[C@@H]1OC(C)[C@@H](C)[C@H](OC(C)=O)C1OC(C)=O. The fourth-order valence-electron chi connectivity index (χ4n) is 9.99. The van der Waals surface area contributed by atoms with Crippen LogP contribution >= 0.6 is 0 Å². The summed E-state index contributed by atoms with van der Waals surface area (Å²) < 4.78 is 56.1. The van der Waals surface area contributed by atoms with Crippen LogP contribution in [0.1, 0.15) is 119 Å². The van der Waals surface area contributed by atoms with Gasteiger partial charge in [-0.3, -0.25) is 28.8 Å². The van der Waals surface area contributed by atoms with Crippen molar-refractivity contribution in [3.63, 3.8) is 0 Å². The second-order valence-electron chi connectivity index (χ2n) is 18.7. The number of amides is 2. The molecule has 3 aliphatic heterocycles. The van der Waals surface area contributed by atoms with Crippen LogP contribution in [-0.4, -0.2) is 162 Å². The van der Waals surface area contributed by atoms with Crippen molar-refractivity contribution in [2.45, 2.75) is 205 Å². The van der Waals surface area contributed by atoms with E-state index in [0.717, 1.165) is 32.1 Å². The molecule has 3 saturated heterocycles. The fourth-order valence-corrected chi connectivity index (χ4v) is 9.99. The Morgan fingerprint density at radius 3 is 2.13 bits per heavy atom. The predicted molar refractivity (Wildman–Crippen MR) is 230 cm³/mol. The monoisotopic (exact) mass is 956 g/mol. The summed E-state index contributed by atoms with van der Waals surface area (Å²) in [4.78, 5) is 90.0. The number of esters is 4. The van der Waals surface area contributed by atoms with E-state index in [-0.39, 0.29) is 44.1 Å². The number of rotatable bonds is 20. The second kappa shape index (κ2) is 25.2. The number of aliphatic hydroxyl groups excluding tert-OH is 3. The first-order chi connectivity index (χ1) is 31.8. The number of Topliss-reactive ketones (excluding diaryl/α,β-unsaturated/α-hetero) is 1. The van der Waals surface area contributed by atoms with Crippen LogP contribution in [-0.2, 0) is 76.2 Å². The van der Waals surface area contributed by atoms with Crippen LogP contribution in [0.25, 0.3) is 0 Å². The molecule has 21 heteroatoms. The number of carbonyl (C=O) groups excluding carboxylic acids is 7. The van der Waals surface area contributed by atoms with Gasteiger partial charge in [0.1, 0.15) is 42.8 Å². The molecule has 67 heavy (non-hydrogen) atoms. The highest BCUT2D eigenvalue weighted by atomic mass is 16.7. The molecular weight excluding hydrogens is 885 g/mol. The molecule has 2 aliphatic carbocycles. The third kappa shape index (κ3) is 14.6. The van der Waals surface area contributed by atoms with E-state index in [0.29, 0.717) is 19.3 Å². The van der Waals surface area contributed by atoms with Gasteiger partial charge in [-0.1, -0.05) is 52.4 Å². The van der Waals surface area contributed by atoms with Crippen molar-refractivity contribution in [2.75, 3.05) is 19.8 Å². The van der Waals surface area contributed by atoms with Crippen LogP contribution in [0, 0.1) is 23.7 Å². The van der Waals surface area contributed by atoms with E-state index in [1.54, 1.807) is 13.8 Å². The van der Waals surface area contributed by atoms with Gasteiger partial charge in [0.15, 0.2) is 37.0 Å². The minimum atomic E-state index is -1.86. The molecule has 0 spiro atoms. The van der Waals surface area contributed by atoms with E-state index in [2.05, 4.69) is 10.6 Å². The van der Waals surface area contributed by atoms with E-state index in [4.69, 9.17) is 47.7 Å². The Hall–Kier alpha value is -3.83. The Balaban J connectivity index is 1.48. The van der Waals surface area contributed by atoms with E-state index < -0.39 is 146 Å². The van der Waals surface area contributed by atoms with E-state index in [1.807, 2.05) is 6.92 Å². The Bertz CT molecular complexity index is 1710. The van der Waals surface area contributed by atoms with Gasteiger partial charge >= 0.3 is 23.9 Å². The van der Waals surface area contributed by atoms with Gasteiger partial charge < -0.3 is 68.6 Å². The third-order valence-corrected chi connectivity index (χ3v) is 13.6. The lowest BCUT2D eigenvalue weighted by Gasteiger charge is -2.51. The summed E-state index contributed by atoms with van der Waals surface area (Å²) in [6.45, 7) is 9.23. The second-order valence-corrected chi connectivity index (χ2v) is 18.7. The lowest BCUT2D eigenvalue weighted by atomic mass is 9.74. The smallest absolute Gasteiger partial charge is 0.335 e. The van der Waals surface area contributed by atoms with E-state index >= 15 is 0 Å². The Morgan fingerprint density at radius 1 is 0.821 bits per heavy atom. The molecule has 0 bridgehead atoms. The molecule has 21 nitrogen and oxygen atoms in total. The number of ketones is 1. The van der Waals surface area contributed by atoms with Crippen LogP contribution in [0.5, 0.6) is 0 Å². The van der Waals surface area contributed by atoms with Crippen molar-refractivity contribution in [3.05, 3.63) is 0 Å². The highest BCUT2D eigenvalue weighted by molar-refractivity contribution is 5.82. The molecule has 3 heterocycles. The molecule has 2 amide bonds. The van der Waals surface area contributed by atoms with E-state index in [1.165, 1.54) is 27.7 Å². The van der Waals surface area contributed by atoms with Gasteiger partial charge in [0, 0.05) is 52.5 Å². The Labute approximate surface area is 391 Å². The molecule has 380 valence electrons. The molecule has 2 saturated carbocycles. The maximum absolute atomic E-state index is 14.1. The number of nitrogens with one attached hydrogen (secondary N) is 2. The minimum absolute atomic E-state index is 0.00223. The van der Waals surface area contributed by atoms with Gasteiger partial charge in [-0.05, 0) is 44.4 Å². The van der Waals surface area contributed by atoms with Gasteiger partial charge in [0.2, 0.25) is 5.91 Å². The van der Waals surface area contributed by atoms with Crippen molar-refractivity contribution in [2.24, 2.45) is 23.7 Å². The van der Waals surface area contributed by atoms with Crippen molar-refractivity contribution in [3.8, 4) is 0 Å². The number of hydrogen-bond donors (Lipinski definition) is 5. The lowest BCUT2D eigenvalue weighted by molar-refractivity contribution is -0.340. The molecule has 0 aromatic heterocycles. The number of hydrogen-bond acceptors (Lipinski definition) is 19. The van der Waals surface area contributed by atoms with Crippen molar-refractivity contribution in [1.29, 1.82) is 0 Å². The topological polar surface area (TPSA) is 287 Å². The normalized spacial score (nSPS) is 35.4. The van der Waals surface area contributed by atoms with Gasteiger partial charge in [-0.2, -0.15) is 0 Å². The molecule has 5 aliphatic rings. The molecule has 5 fully saturated rings. The summed E-state index contributed by atoms with van der Waals surface area (Å²) in [6.07, 6.45) is -8.72. The van der Waals surface area contributed by atoms with Gasteiger partial charge in [-0.15, -0.1) is 0 Å². The van der Waals surface area contributed by atoms with Gasteiger partial charge in [-0.25, -0.2) is 4.79 Å². The highest BCUT2D eigenvalue weighted by Crippen LogP contribution is 2.42. The maximum Gasteiger partial charge on any atom is 0.335 e. The quantitative estimate of drug-likeness (QED) is 0.0648. The van der Waals surface area contributed by atoms with Gasteiger partial charge in [0.05, 0.1) is 24.9 Å². The molecule has 0 aromatic rings. The minimum Gasteiger partial charge on any atom is -0.463 e. The molecule has 0 radical (unpaired) electrons. The first kappa shape index (κ1) is 54.1. The summed E-state index contributed by atoms with van der Waals surface area (Å²) >= 11 is 0. The summed E-state index contributed by atoms with van der Waals surface area (Å²) in [6, 6.07) is -1.10. The molecule has 0 aromatic carbocycles. The lowest BCUT2D eigenvalue weighted by Crippen LogP contribution is -2.70. The average Bonchev–Trinajstić information content (AvgIpc) is 3.28. The highest BCUT2D eigenvalue weighted by Gasteiger charge is 2.57. The van der Waals surface area contributed by atoms with Crippen molar-refractivity contribution in [1.82, 2.24) is 10.6 Å². The van der Waals surface area contributed by atoms with Crippen LogP contribution in [0.15, 0.2) is 0 Å². The number of carbonyl (C=O) groups is 7. The molecule has 17 atom stereocenters. The standard InChI is InChI=1S/C46H72N2O19/c1-8-29-18-30(31(54)15-12-16-47-43(57)37(56)32(55)20-49)19-33(39(29)67-46-42(62-27(7)53)38(61-26(6)52)22(2)23(3)60-46)64-45-36(48-24(4)50)41-40(35(65-45)21-59-25(5)51)66-44(58)34(63-41)17-28-13-10-9-11-14-28/h22-23,28-30,32-42,45-46,49,55-56H,8-21H2,1-7H3,(H,47,57)(H,48,50)/t22-,23?,29?,30?,32-,33-,34-,35+,36?,37+,38+,39-,40+,41?,42?,45-,46+/m1/s1. The zero-order valence-electron chi connectivity index (χ0n) is 39.7. The molecular formula is C46H72N2O19. The summed E-state index contributed by atoms with van der Waals surface area (Å²) in [5.74, 6) is -5.35. The Kier molecular flexibility index (Phi) is 20.3. The third-order valence-electron chi connectivity index (χ3n) is 13.6. The zero-order chi connectivity index (χ0) is 49.1. The number of ether oxygens (including phenoxy) is 9. The largest absolute Gasteiger partial charge is 0.463 e. The van der Waals surface area contributed by atoms with Crippen LogP contribution in [0.4, 0.5) is 0 Å². The van der Waals surface area contributed by atoms with E-state index in [9.17, 15) is 43.8 Å². The first-order valence-electron chi connectivity index (χ1n) is 23.8. The van der Waals surface area contributed by atoms with Crippen molar-refractivity contribution < 1.29 is 91.5 Å².